The largest absolute Gasteiger partial charge is 0.289 e. The molecule has 0 heterocycles. The van der Waals surface area contributed by atoms with Crippen LogP contribution in [0.25, 0.3) is 0 Å². The Bertz CT molecular complexity index is 5970. The van der Waals surface area contributed by atoms with Crippen LogP contribution in [0.2, 0.25) is 0 Å². The fraction of sp³-hybridized carbons (Fsp3) is 0.500. The Morgan fingerprint density at radius 3 is 0.780 bits per heavy atom. The molecule has 5 unspecified atom stereocenters. The molecule has 0 saturated carbocycles. The Labute approximate surface area is 779 Å². The topological polar surface area (TPSA) is 651 Å². The van der Waals surface area contributed by atoms with Gasteiger partial charge in [-0.05, 0) is 54.4 Å². The molecule has 0 N–H and O–H groups in total. The first-order valence-corrected chi connectivity index (χ1v) is 57.9. The highest BCUT2D eigenvalue weighted by Gasteiger charge is 2.35. The minimum absolute atomic E-state index is 0.136. The van der Waals surface area contributed by atoms with Gasteiger partial charge in [-0.2, -0.15) is 126 Å². The van der Waals surface area contributed by atoms with Crippen LogP contribution >= 0.6 is 0 Å². The van der Waals surface area contributed by atoms with Gasteiger partial charge in [0.2, 0.25) is 0 Å². The summed E-state index contributed by atoms with van der Waals surface area (Å²) >= 11 is 0. The monoisotopic (exact) mass is 2160 g/mol. The van der Waals surface area contributed by atoms with Crippen molar-refractivity contribution in [2.75, 3.05) is 98.9 Å². The van der Waals surface area contributed by atoms with Gasteiger partial charge in [0.1, 0.15) is 101 Å². The average molecular weight is 2160 g/mol. The molecule has 0 rings (SSSR count). The van der Waals surface area contributed by atoms with Gasteiger partial charge in [-0.3, -0.25) is 62.7 Å². The van der Waals surface area contributed by atoms with E-state index in [0.717, 1.165) is 25.7 Å². The van der Waals surface area contributed by atoms with Crippen molar-refractivity contribution in [1.29, 1.82) is 0 Å². The normalized spacial score (nSPS) is 13.3. The molecule has 0 fully saturated rings. The van der Waals surface area contributed by atoms with Crippen LogP contribution in [0.15, 0.2) is 83.9 Å². The van der Waals surface area contributed by atoms with E-state index in [0.29, 0.717) is 50.7 Å². The van der Waals surface area contributed by atoms with E-state index in [1.54, 1.807) is 0 Å². The van der Waals surface area contributed by atoms with E-state index in [2.05, 4.69) is 128 Å². The van der Waals surface area contributed by atoms with E-state index in [1.165, 1.54) is 41.5 Å². The van der Waals surface area contributed by atoms with E-state index < -0.39 is 279 Å². The third-order valence-electron chi connectivity index (χ3n) is 11.8. The summed E-state index contributed by atoms with van der Waals surface area (Å²) in [4.78, 5) is 0. The number of hydrogen-bond donors (Lipinski definition) is 0. The van der Waals surface area contributed by atoms with Crippen molar-refractivity contribution in [2.45, 2.75) is 128 Å². The smallest absolute Gasteiger partial charge is 0.269 e. The maximum Gasteiger partial charge on any atom is 0.289 e. The van der Waals surface area contributed by atoms with E-state index in [9.17, 15) is 126 Å². The van der Waals surface area contributed by atoms with Crippen molar-refractivity contribution in [1.82, 2.24) is 0 Å². The molecule has 0 spiro atoms. The lowest BCUT2D eigenvalue weighted by molar-refractivity contribution is 0.0106. The molecular weight excluding hydrogens is 2070 g/mol. The Kier molecular flexibility index (Phi) is 66.2. The fourth-order valence-electron chi connectivity index (χ4n) is 6.62. The summed E-state index contributed by atoms with van der Waals surface area (Å²) in [6.45, 7) is 25.3. The maximum atomic E-state index is 11.6. The van der Waals surface area contributed by atoms with Gasteiger partial charge < -0.3 is 0 Å². The summed E-state index contributed by atoms with van der Waals surface area (Å²) in [5.41, 5.74) is -2.79. The Morgan fingerprint density at radius 1 is 0.273 bits per heavy atom. The van der Waals surface area contributed by atoms with Crippen LogP contribution in [0.5, 0.6) is 0 Å². The van der Waals surface area contributed by atoms with Crippen LogP contribution in [0.3, 0.4) is 0 Å². The zero-order valence-corrected chi connectivity index (χ0v) is 83.5. The third-order valence-corrected chi connectivity index (χ3v) is 26.8. The number of hydrogen-bond acceptors (Lipinski definition) is 45. The highest BCUT2D eigenvalue weighted by Crippen LogP contribution is 2.20. The quantitative estimate of drug-likeness (QED) is 0.0451. The van der Waals surface area contributed by atoms with Crippen LogP contribution in [0.1, 0.15) is 86.5 Å². The number of unbranched alkanes of at least 4 members (excludes halogenated alkanes) is 5. The van der Waals surface area contributed by atoms with Gasteiger partial charge in [-0.25, -0.2) is 0 Å². The summed E-state index contributed by atoms with van der Waals surface area (Å²) in [6.07, 6.45) is 36.2. The van der Waals surface area contributed by atoms with Gasteiger partial charge in [0.25, 0.3) is 152 Å². The lowest BCUT2D eigenvalue weighted by Gasteiger charge is -2.24. The predicted octanol–water partition coefficient (Wildman–Crippen LogP) is 0.365. The standard InChI is InChI=1S/C14H18O6S2.C14H22O6S2.C12H18O12S4.C12H14O6S2.C10H16O9S3.C10H10O6S2/c1-7-11-21(15,16)19-13(3,4)9-10-14(5,6)20-22(17,18)12-8-2;1-3-13-21(15,16)19-11-9-7-5-6-8-10-12-20-22(17,18)14-4-2;1-5-25(13,14)21-9-11(23-27(17,18)7-3)12(24-28(19,20)8-4)10-22-26(15,16)6-2;1-5-9-19(13,14)17-11(3)7-8-12(4)18-20(15,16)10-6-2;1-4-20(11,12)17-8-7-10(19-22(15,16)6-3)9-18-21(13,14)5-2;1-3-9-17(11,12)15-7-5-6-8-16-18(13,14)10-4-2/h1-2H,11-12H2,3-6H3;1-2H,5-14H2;5-8,11-12H,1-4,9-10H2;1-2,11-12H,9-10H2,3-4H3;4-6,10H,1-3,7-9H2;1-2H,7-10H2. The Morgan fingerprint density at radius 2 is 0.508 bits per heavy atom. The SMILES string of the molecule is C#CCS(=O)(=O)OC(C)(C)C#CC(C)(C)OS(=O)(=O)CC#C.C#CCS(=O)(=O)OC(C)C#CC(C)OS(=O)(=O)CC#C.C#CCS(=O)(=O)OCC#CCOS(=O)(=O)CC#C.C#CCS(=O)(=O)OCCCCCCCCOS(=O)(=O)CC#C.C=CS(=O)(=O)OCC(OS(=O)(=O)C=C)C(COS(=O)(=O)C=C)OS(=O)(=O)C=C.C=CS(=O)(=O)OCCC(COS(=O)(=O)C=C)OS(=O)(=O)C=C. The average Bonchev–Trinajstić information content (AvgIpc) is 0.840. The summed E-state index contributed by atoms with van der Waals surface area (Å²) in [7, 11) is -60.1. The first-order valence-electron chi connectivity index (χ1n) is 35.0. The van der Waals surface area contributed by atoms with Gasteiger partial charge in [0.05, 0.1) is 77.5 Å². The zero-order chi connectivity index (χ0) is 104. The molecule has 0 aliphatic rings. The van der Waals surface area contributed by atoms with Crippen LogP contribution in [0, 0.1) is 134 Å². The molecule has 5 atom stereocenters. The maximum absolute atomic E-state index is 11.6. The van der Waals surface area contributed by atoms with Crippen molar-refractivity contribution in [3.63, 3.8) is 0 Å². The number of terminal acetylenes is 8. The molecule has 0 bridgehead atoms. The second-order valence-corrected chi connectivity index (χ2v) is 47.8. The first-order chi connectivity index (χ1) is 60.1. The molecule has 132 heavy (non-hydrogen) atoms. The highest BCUT2D eigenvalue weighted by molar-refractivity contribution is 7.92. The highest BCUT2D eigenvalue weighted by atomic mass is 32.3. The van der Waals surface area contributed by atoms with Crippen LogP contribution in [-0.2, 0) is 215 Å². The van der Waals surface area contributed by atoms with E-state index in [-0.39, 0.29) is 19.6 Å². The minimum Gasteiger partial charge on any atom is -0.269 e. The van der Waals surface area contributed by atoms with Crippen molar-refractivity contribution in [2.24, 2.45) is 0 Å². The molecule has 45 nitrogen and oxygen atoms in total. The molecule has 0 aromatic rings. The molecule has 0 aromatic carbocycles. The summed E-state index contributed by atoms with van der Waals surface area (Å²) < 4.78 is 407. The van der Waals surface area contributed by atoms with Crippen molar-refractivity contribution in [3.05, 3.63) is 83.9 Å². The van der Waals surface area contributed by atoms with Gasteiger partial charge in [0.15, 0.2) is 0 Å². The molecular formula is C72H98O45S15. The fourth-order valence-corrected chi connectivity index (χ4v) is 15.9. The van der Waals surface area contributed by atoms with Gasteiger partial charge in [0, 0.05) is 6.42 Å². The Balaban J connectivity index is -0.000000363. The van der Waals surface area contributed by atoms with E-state index in [4.69, 9.17) is 68.1 Å². The third kappa shape index (κ3) is 80.4. The number of rotatable bonds is 58. The first kappa shape index (κ1) is 135. The summed E-state index contributed by atoms with van der Waals surface area (Å²) in [6, 6.07) is 0. The van der Waals surface area contributed by atoms with Crippen molar-refractivity contribution < 1.29 is 189 Å². The van der Waals surface area contributed by atoms with Gasteiger partial charge in [-0.15, -0.1) is 51.4 Å². The van der Waals surface area contributed by atoms with Crippen molar-refractivity contribution in [3.8, 4) is 134 Å². The predicted molar refractivity (Wildman–Crippen MR) is 484 cm³/mol. The molecule has 0 amide bonds. The summed E-state index contributed by atoms with van der Waals surface area (Å²) in [5, 5.41) is 2.98. The lowest BCUT2D eigenvalue weighted by Crippen LogP contribution is -2.41. The molecule has 0 aliphatic carbocycles. The van der Waals surface area contributed by atoms with Gasteiger partial charge >= 0.3 is 0 Å². The van der Waals surface area contributed by atoms with Crippen LogP contribution in [0.4, 0.5) is 0 Å². The molecule has 0 aromatic heterocycles. The second-order valence-electron chi connectivity index (χ2n) is 24.2. The minimum atomic E-state index is -4.52. The molecule has 60 heteroatoms. The van der Waals surface area contributed by atoms with Crippen LogP contribution < -0.4 is 0 Å². The lowest BCUT2D eigenvalue weighted by atomic mass is 10.1. The molecule has 746 valence electrons. The molecule has 0 radical (unpaired) electrons. The summed E-state index contributed by atoms with van der Waals surface area (Å²) in [5.74, 6) is 25.8. The van der Waals surface area contributed by atoms with E-state index in [1.807, 2.05) is 47.4 Å². The van der Waals surface area contributed by atoms with Crippen LogP contribution in [-0.4, -0.2) is 267 Å². The molecule has 0 aliphatic heterocycles. The molecule has 0 saturated heterocycles. The van der Waals surface area contributed by atoms with Gasteiger partial charge in [-0.1, -0.05) is 155 Å². The van der Waals surface area contributed by atoms with E-state index >= 15 is 0 Å². The zero-order valence-electron chi connectivity index (χ0n) is 71.3. The Hall–Kier alpha value is -8.01. The second kappa shape index (κ2) is 64.9. The van der Waals surface area contributed by atoms with Crippen molar-refractivity contribution >= 4 is 152 Å².